The lowest BCUT2D eigenvalue weighted by atomic mass is 10.1. The molecular weight excluding hydrogens is 230 g/mol. The summed E-state index contributed by atoms with van der Waals surface area (Å²) in [6.07, 6.45) is 2.25. The van der Waals surface area contributed by atoms with E-state index in [2.05, 4.69) is 5.32 Å². The molecule has 17 heavy (non-hydrogen) atoms. The van der Waals surface area contributed by atoms with Gasteiger partial charge < -0.3 is 5.32 Å². The molecule has 0 aliphatic heterocycles. The van der Waals surface area contributed by atoms with Crippen LogP contribution in [0.25, 0.3) is 11.1 Å². The van der Waals surface area contributed by atoms with Crippen molar-refractivity contribution in [2.24, 2.45) is 0 Å². The summed E-state index contributed by atoms with van der Waals surface area (Å²) in [4.78, 5) is 12.9. The van der Waals surface area contributed by atoms with Gasteiger partial charge >= 0.3 is 0 Å². The molecule has 1 aliphatic rings. The minimum absolute atomic E-state index is 0.0707. The Morgan fingerprint density at radius 1 is 1.18 bits per heavy atom. The largest absolute Gasteiger partial charge is 0.349 e. The van der Waals surface area contributed by atoms with Crippen LogP contribution in [0.3, 0.4) is 0 Å². The van der Waals surface area contributed by atoms with E-state index in [0.717, 1.165) is 28.8 Å². The summed E-state index contributed by atoms with van der Waals surface area (Å²) in [5, 5.41) is 5.01. The van der Waals surface area contributed by atoms with Crippen molar-refractivity contribution in [3.8, 4) is 11.1 Å². The van der Waals surface area contributed by atoms with E-state index in [0.29, 0.717) is 6.04 Å². The lowest BCUT2D eigenvalue weighted by Crippen LogP contribution is -2.24. The molecule has 1 aromatic carbocycles. The SMILES string of the molecule is O=C(NC1CC1)c1sccc1-c1ccccc1. The van der Waals surface area contributed by atoms with E-state index in [1.54, 1.807) is 0 Å². The van der Waals surface area contributed by atoms with Crippen LogP contribution in [-0.4, -0.2) is 11.9 Å². The zero-order valence-electron chi connectivity index (χ0n) is 9.35. The van der Waals surface area contributed by atoms with E-state index in [9.17, 15) is 4.79 Å². The molecule has 0 atom stereocenters. The van der Waals surface area contributed by atoms with E-state index < -0.39 is 0 Å². The highest BCUT2D eigenvalue weighted by molar-refractivity contribution is 7.12. The molecule has 3 rings (SSSR count). The molecule has 1 heterocycles. The number of carbonyl (C=O) groups is 1. The summed E-state index contributed by atoms with van der Waals surface area (Å²) >= 11 is 1.51. The number of nitrogens with one attached hydrogen (secondary N) is 1. The van der Waals surface area contributed by atoms with E-state index in [1.165, 1.54) is 11.3 Å². The zero-order valence-corrected chi connectivity index (χ0v) is 10.2. The van der Waals surface area contributed by atoms with Gasteiger partial charge in [0.15, 0.2) is 0 Å². The van der Waals surface area contributed by atoms with E-state index in [1.807, 2.05) is 41.8 Å². The van der Waals surface area contributed by atoms with Crippen molar-refractivity contribution in [2.45, 2.75) is 18.9 Å². The Kier molecular flexibility index (Phi) is 2.69. The summed E-state index contributed by atoms with van der Waals surface area (Å²) < 4.78 is 0. The van der Waals surface area contributed by atoms with Crippen LogP contribution < -0.4 is 5.32 Å². The molecule has 0 radical (unpaired) electrons. The molecule has 0 bridgehead atoms. The monoisotopic (exact) mass is 243 g/mol. The Morgan fingerprint density at radius 3 is 2.65 bits per heavy atom. The van der Waals surface area contributed by atoms with Crippen LogP contribution in [0, 0.1) is 0 Å². The molecule has 1 saturated carbocycles. The van der Waals surface area contributed by atoms with E-state index in [4.69, 9.17) is 0 Å². The summed E-state index contributed by atoms with van der Waals surface area (Å²) in [7, 11) is 0. The number of rotatable bonds is 3. The van der Waals surface area contributed by atoms with Crippen molar-refractivity contribution in [3.63, 3.8) is 0 Å². The van der Waals surface area contributed by atoms with E-state index >= 15 is 0 Å². The molecule has 0 spiro atoms. The van der Waals surface area contributed by atoms with Crippen LogP contribution in [0.15, 0.2) is 41.8 Å². The number of amides is 1. The predicted molar refractivity (Wildman–Crippen MR) is 70.2 cm³/mol. The second-order valence-electron chi connectivity index (χ2n) is 4.28. The number of carbonyl (C=O) groups excluding carboxylic acids is 1. The van der Waals surface area contributed by atoms with Gasteiger partial charge in [-0.2, -0.15) is 0 Å². The van der Waals surface area contributed by atoms with Crippen LogP contribution in [-0.2, 0) is 0 Å². The Morgan fingerprint density at radius 2 is 1.94 bits per heavy atom. The molecule has 86 valence electrons. The Balaban J connectivity index is 1.90. The Bertz CT molecular complexity index is 528. The van der Waals surface area contributed by atoms with Crippen LogP contribution in [0.2, 0.25) is 0 Å². The smallest absolute Gasteiger partial charge is 0.262 e. The lowest BCUT2D eigenvalue weighted by Gasteiger charge is -2.04. The van der Waals surface area contributed by atoms with Gasteiger partial charge in [-0.3, -0.25) is 4.79 Å². The van der Waals surface area contributed by atoms with Crippen LogP contribution in [0.5, 0.6) is 0 Å². The van der Waals surface area contributed by atoms with Crippen molar-refractivity contribution >= 4 is 17.2 Å². The third-order valence-corrected chi connectivity index (χ3v) is 3.78. The fraction of sp³-hybridized carbons (Fsp3) is 0.214. The van der Waals surface area contributed by atoms with Gasteiger partial charge in [0.05, 0.1) is 4.88 Å². The maximum Gasteiger partial charge on any atom is 0.262 e. The maximum atomic E-state index is 12.0. The average molecular weight is 243 g/mol. The number of hydrogen-bond donors (Lipinski definition) is 1. The third kappa shape index (κ3) is 2.24. The van der Waals surface area contributed by atoms with Crippen molar-refractivity contribution in [1.29, 1.82) is 0 Å². The topological polar surface area (TPSA) is 29.1 Å². The molecule has 2 aromatic rings. The first-order valence-corrected chi connectivity index (χ1v) is 6.66. The summed E-state index contributed by atoms with van der Waals surface area (Å²) in [6, 6.07) is 12.5. The third-order valence-electron chi connectivity index (χ3n) is 2.87. The maximum absolute atomic E-state index is 12.0. The number of thiophene rings is 1. The number of hydrogen-bond acceptors (Lipinski definition) is 2. The molecule has 3 heteroatoms. The minimum atomic E-state index is 0.0707. The Labute approximate surface area is 104 Å². The van der Waals surface area contributed by atoms with Gasteiger partial charge in [-0.25, -0.2) is 0 Å². The molecule has 2 nitrogen and oxygen atoms in total. The van der Waals surface area contributed by atoms with Gasteiger partial charge in [0.1, 0.15) is 0 Å². The second-order valence-corrected chi connectivity index (χ2v) is 5.19. The van der Waals surface area contributed by atoms with Crippen molar-refractivity contribution in [2.75, 3.05) is 0 Å². The first-order chi connectivity index (χ1) is 8.34. The highest BCUT2D eigenvalue weighted by atomic mass is 32.1. The molecule has 1 amide bonds. The molecule has 1 N–H and O–H groups in total. The molecule has 1 aromatic heterocycles. The molecule has 0 saturated heterocycles. The quantitative estimate of drug-likeness (QED) is 0.880. The van der Waals surface area contributed by atoms with Crippen LogP contribution in [0.1, 0.15) is 22.5 Å². The van der Waals surface area contributed by atoms with Crippen LogP contribution >= 0.6 is 11.3 Å². The normalized spacial score (nSPS) is 14.6. The second kappa shape index (κ2) is 4.34. The van der Waals surface area contributed by atoms with Crippen molar-refractivity contribution in [1.82, 2.24) is 5.32 Å². The fourth-order valence-corrected chi connectivity index (χ4v) is 2.63. The molecule has 0 unspecified atom stereocenters. The first-order valence-electron chi connectivity index (χ1n) is 5.78. The standard InChI is InChI=1S/C14H13NOS/c16-14(15-11-6-7-11)13-12(8-9-17-13)10-4-2-1-3-5-10/h1-5,8-9,11H,6-7H2,(H,15,16). The molecular formula is C14H13NOS. The number of benzene rings is 1. The van der Waals surface area contributed by atoms with Gasteiger partial charge in [-0.15, -0.1) is 11.3 Å². The summed E-state index contributed by atoms with van der Waals surface area (Å²) in [5.74, 6) is 0.0707. The zero-order chi connectivity index (χ0) is 11.7. The van der Waals surface area contributed by atoms with Gasteiger partial charge in [0, 0.05) is 11.6 Å². The van der Waals surface area contributed by atoms with Gasteiger partial charge in [-0.1, -0.05) is 30.3 Å². The Hall–Kier alpha value is -1.61. The van der Waals surface area contributed by atoms with Gasteiger partial charge in [0.2, 0.25) is 0 Å². The van der Waals surface area contributed by atoms with E-state index in [-0.39, 0.29) is 5.91 Å². The molecule has 1 aliphatic carbocycles. The fourth-order valence-electron chi connectivity index (χ4n) is 1.81. The lowest BCUT2D eigenvalue weighted by molar-refractivity contribution is 0.0955. The summed E-state index contributed by atoms with van der Waals surface area (Å²) in [5.41, 5.74) is 2.14. The summed E-state index contributed by atoms with van der Waals surface area (Å²) in [6.45, 7) is 0. The predicted octanol–water partition coefficient (Wildman–Crippen LogP) is 3.31. The highest BCUT2D eigenvalue weighted by Crippen LogP contribution is 2.29. The highest BCUT2D eigenvalue weighted by Gasteiger charge is 2.25. The minimum Gasteiger partial charge on any atom is -0.349 e. The molecule has 1 fully saturated rings. The van der Waals surface area contributed by atoms with Gasteiger partial charge in [-0.05, 0) is 29.9 Å². The average Bonchev–Trinajstić information content (AvgIpc) is 3.04. The van der Waals surface area contributed by atoms with Crippen LogP contribution in [0.4, 0.5) is 0 Å². The first kappa shape index (κ1) is 10.5. The van der Waals surface area contributed by atoms with Gasteiger partial charge in [0.25, 0.3) is 5.91 Å². The van der Waals surface area contributed by atoms with Crippen molar-refractivity contribution in [3.05, 3.63) is 46.7 Å². The van der Waals surface area contributed by atoms with Crippen molar-refractivity contribution < 1.29 is 4.79 Å².